The molecule has 1 aromatic carbocycles. The van der Waals surface area contributed by atoms with E-state index in [0.717, 1.165) is 6.54 Å². The Hall–Kier alpha value is -1.46. The molecule has 6 heteroatoms. The molecule has 1 N–H and O–H groups in total. The molecule has 2 rings (SSSR count). The van der Waals surface area contributed by atoms with E-state index in [9.17, 15) is 14.0 Å². The summed E-state index contributed by atoms with van der Waals surface area (Å²) in [6.45, 7) is 5.86. The quantitative estimate of drug-likeness (QED) is 0.863. The molecule has 2 unspecified atom stereocenters. The summed E-state index contributed by atoms with van der Waals surface area (Å²) in [5, 5.41) is 3.27. The fraction of sp³-hybridized carbons (Fsp3) is 0.500. The van der Waals surface area contributed by atoms with Gasteiger partial charge in [-0.2, -0.15) is 0 Å². The van der Waals surface area contributed by atoms with Gasteiger partial charge in [0.1, 0.15) is 5.82 Å². The van der Waals surface area contributed by atoms with Crippen molar-refractivity contribution in [2.75, 3.05) is 19.6 Å². The molecule has 0 radical (unpaired) electrons. The van der Waals surface area contributed by atoms with Gasteiger partial charge < -0.3 is 10.2 Å². The van der Waals surface area contributed by atoms with Crippen molar-refractivity contribution in [3.8, 4) is 0 Å². The van der Waals surface area contributed by atoms with E-state index >= 15 is 0 Å². The van der Waals surface area contributed by atoms with Crippen molar-refractivity contribution in [2.45, 2.75) is 26.3 Å². The summed E-state index contributed by atoms with van der Waals surface area (Å²) >= 11 is 0. The van der Waals surface area contributed by atoms with Gasteiger partial charge in [0.05, 0.1) is 0 Å². The average Bonchev–Trinajstić information content (AvgIpc) is 2.46. The van der Waals surface area contributed by atoms with E-state index in [2.05, 4.69) is 5.32 Å². The predicted octanol–water partition coefficient (Wildman–Crippen LogP) is 2.28. The minimum atomic E-state index is -0.440. The van der Waals surface area contributed by atoms with Gasteiger partial charge >= 0.3 is 0 Å². The molecule has 0 aliphatic carbocycles. The third-order valence-corrected chi connectivity index (χ3v) is 3.76. The number of carbonyl (C=O) groups is 2. The first-order valence-electron chi connectivity index (χ1n) is 7.28. The zero-order valence-corrected chi connectivity index (χ0v) is 13.7. The summed E-state index contributed by atoms with van der Waals surface area (Å²) in [5.41, 5.74) is 0.323. The minimum Gasteiger partial charge on any atom is -0.340 e. The number of Topliss-reactive ketones (excluding diaryl/α,β-unsaturated/α-hetero) is 1. The maximum Gasteiger partial charge on any atom is 0.223 e. The lowest BCUT2D eigenvalue weighted by molar-refractivity contribution is -0.132. The number of benzene rings is 1. The molecule has 1 saturated heterocycles. The normalized spacial score (nSPS) is 19.2. The second-order valence-corrected chi connectivity index (χ2v) is 5.67. The van der Waals surface area contributed by atoms with Gasteiger partial charge in [-0.25, -0.2) is 4.39 Å². The first kappa shape index (κ1) is 18.6. The minimum absolute atomic E-state index is 0. The Labute approximate surface area is 136 Å². The Kier molecular flexibility index (Phi) is 6.97. The monoisotopic (exact) mass is 328 g/mol. The van der Waals surface area contributed by atoms with Crippen molar-refractivity contribution in [2.24, 2.45) is 5.92 Å². The number of nitrogens with zero attached hydrogens (tertiary/aromatic N) is 1. The predicted molar refractivity (Wildman–Crippen MR) is 85.8 cm³/mol. The molecule has 22 heavy (non-hydrogen) atoms. The van der Waals surface area contributed by atoms with Crippen LogP contribution >= 0.6 is 12.4 Å². The molecule has 1 aliphatic rings. The van der Waals surface area contributed by atoms with Crippen LogP contribution in [0.1, 0.15) is 30.6 Å². The number of amides is 1. The molecule has 2 atom stereocenters. The van der Waals surface area contributed by atoms with Gasteiger partial charge in [0.25, 0.3) is 0 Å². The maximum atomic E-state index is 13.2. The molecule has 0 aromatic heterocycles. The molecular weight excluding hydrogens is 307 g/mol. The van der Waals surface area contributed by atoms with Crippen molar-refractivity contribution < 1.29 is 14.0 Å². The van der Waals surface area contributed by atoms with Gasteiger partial charge in [0, 0.05) is 43.6 Å². The van der Waals surface area contributed by atoms with Crippen LogP contribution in [-0.2, 0) is 4.79 Å². The van der Waals surface area contributed by atoms with Gasteiger partial charge in [0.2, 0.25) is 5.91 Å². The highest BCUT2D eigenvalue weighted by Gasteiger charge is 2.25. The maximum absolute atomic E-state index is 13.2. The lowest BCUT2D eigenvalue weighted by Gasteiger charge is -2.32. The first-order chi connectivity index (χ1) is 9.97. The molecule has 0 bridgehead atoms. The van der Waals surface area contributed by atoms with Crippen LogP contribution in [0.5, 0.6) is 0 Å². The molecule has 0 saturated carbocycles. The number of hydrogen-bond donors (Lipinski definition) is 1. The van der Waals surface area contributed by atoms with E-state index < -0.39 is 11.7 Å². The number of carbonyl (C=O) groups excluding carboxylic acids is 2. The number of piperazine rings is 1. The van der Waals surface area contributed by atoms with Crippen LogP contribution in [0, 0.1) is 11.7 Å². The molecule has 4 nitrogen and oxygen atoms in total. The topological polar surface area (TPSA) is 49.4 Å². The van der Waals surface area contributed by atoms with E-state index in [-0.39, 0.29) is 36.6 Å². The highest BCUT2D eigenvalue weighted by molar-refractivity contribution is 5.99. The van der Waals surface area contributed by atoms with E-state index in [1.807, 2.05) is 6.92 Å². The zero-order chi connectivity index (χ0) is 15.4. The summed E-state index contributed by atoms with van der Waals surface area (Å²) < 4.78 is 13.2. The number of nitrogens with one attached hydrogen (secondary N) is 1. The third kappa shape index (κ3) is 4.78. The Morgan fingerprint density at radius 2 is 2.18 bits per heavy atom. The number of rotatable bonds is 4. The molecule has 0 spiro atoms. The van der Waals surface area contributed by atoms with Gasteiger partial charge in [0.15, 0.2) is 5.78 Å². The lowest BCUT2D eigenvalue weighted by atomic mass is 9.95. The second kappa shape index (κ2) is 8.25. The summed E-state index contributed by atoms with van der Waals surface area (Å²) in [5.74, 6) is -1.08. The molecular formula is C16H22ClFN2O2. The second-order valence-electron chi connectivity index (χ2n) is 5.67. The van der Waals surface area contributed by atoms with Gasteiger partial charge in [-0.15, -0.1) is 12.4 Å². The van der Waals surface area contributed by atoms with E-state index in [4.69, 9.17) is 0 Å². The van der Waals surface area contributed by atoms with Crippen molar-refractivity contribution >= 4 is 24.1 Å². The standard InChI is InChI=1S/C16H21FN2O2.ClH/c1-11(16(21)13-4-3-5-14(17)9-13)8-15(20)19-7-6-18-12(2)10-19;/h3-5,9,11-12,18H,6-8,10H2,1-2H3;1H. The fourth-order valence-corrected chi connectivity index (χ4v) is 2.57. The summed E-state index contributed by atoms with van der Waals surface area (Å²) in [6.07, 6.45) is 0.169. The zero-order valence-electron chi connectivity index (χ0n) is 12.8. The smallest absolute Gasteiger partial charge is 0.223 e. The van der Waals surface area contributed by atoms with Crippen LogP contribution in [0.25, 0.3) is 0 Å². The van der Waals surface area contributed by atoms with Gasteiger partial charge in [-0.05, 0) is 19.1 Å². The fourth-order valence-electron chi connectivity index (χ4n) is 2.57. The summed E-state index contributed by atoms with van der Waals surface area (Å²) in [6, 6.07) is 5.89. The SMILES string of the molecule is CC1CN(C(=O)CC(C)C(=O)c2cccc(F)c2)CCN1.Cl. The molecule has 1 heterocycles. The van der Waals surface area contributed by atoms with Crippen molar-refractivity contribution in [1.82, 2.24) is 10.2 Å². The van der Waals surface area contributed by atoms with Crippen molar-refractivity contribution in [1.29, 1.82) is 0 Å². The largest absolute Gasteiger partial charge is 0.340 e. The molecule has 1 amide bonds. The van der Waals surface area contributed by atoms with E-state index in [0.29, 0.717) is 18.7 Å². The lowest BCUT2D eigenvalue weighted by Crippen LogP contribution is -2.51. The highest BCUT2D eigenvalue weighted by Crippen LogP contribution is 2.15. The van der Waals surface area contributed by atoms with Crippen LogP contribution in [0.4, 0.5) is 4.39 Å². The van der Waals surface area contributed by atoms with Crippen LogP contribution < -0.4 is 5.32 Å². The van der Waals surface area contributed by atoms with Crippen molar-refractivity contribution in [3.05, 3.63) is 35.6 Å². The Balaban J connectivity index is 0.00000242. The highest BCUT2D eigenvalue weighted by atomic mass is 35.5. The Morgan fingerprint density at radius 1 is 1.45 bits per heavy atom. The number of ketones is 1. The van der Waals surface area contributed by atoms with Gasteiger partial charge in [-0.3, -0.25) is 9.59 Å². The van der Waals surface area contributed by atoms with E-state index in [1.165, 1.54) is 18.2 Å². The van der Waals surface area contributed by atoms with Crippen molar-refractivity contribution in [3.63, 3.8) is 0 Å². The van der Waals surface area contributed by atoms with Crippen LogP contribution in [0.2, 0.25) is 0 Å². The van der Waals surface area contributed by atoms with Crippen LogP contribution in [-0.4, -0.2) is 42.3 Å². The summed E-state index contributed by atoms with van der Waals surface area (Å²) in [7, 11) is 0. The molecule has 1 aromatic rings. The van der Waals surface area contributed by atoms with Crippen LogP contribution in [0.15, 0.2) is 24.3 Å². The molecule has 1 fully saturated rings. The summed E-state index contributed by atoms with van der Waals surface area (Å²) in [4.78, 5) is 26.2. The number of hydrogen-bond acceptors (Lipinski definition) is 3. The third-order valence-electron chi connectivity index (χ3n) is 3.76. The van der Waals surface area contributed by atoms with E-state index in [1.54, 1.807) is 17.9 Å². The molecule has 1 aliphatic heterocycles. The average molecular weight is 329 g/mol. The Bertz CT molecular complexity index is 539. The van der Waals surface area contributed by atoms with Gasteiger partial charge in [-0.1, -0.05) is 19.1 Å². The molecule has 122 valence electrons. The first-order valence-corrected chi connectivity index (χ1v) is 7.28. The Morgan fingerprint density at radius 3 is 2.82 bits per heavy atom. The van der Waals surface area contributed by atoms with Crippen LogP contribution in [0.3, 0.4) is 0 Å². The number of halogens is 2.